The number of esters is 1. The molecular formula is C27H26ClIN2O4S. The predicted molar refractivity (Wildman–Crippen MR) is 152 cm³/mol. The van der Waals surface area contributed by atoms with Crippen molar-refractivity contribution < 1.29 is 14.3 Å². The SMILES string of the molecule is CCOC(=O)C1=C(C)N=c2s/c(=C\c3cc(Cl)cc(I)c3OC(C)C)c(=O)n2[C@@H]1c1ccc(C)cc1. The first-order valence-corrected chi connectivity index (χ1v) is 13.8. The highest BCUT2D eigenvalue weighted by molar-refractivity contribution is 14.1. The molecule has 0 amide bonds. The van der Waals surface area contributed by atoms with Crippen LogP contribution in [0.3, 0.4) is 0 Å². The third-order valence-electron chi connectivity index (χ3n) is 5.59. The van der Waals surface area contributed by atoms with Crippen molar-refractivity contribution in [2.24, 2.45) is 4.99 Å². The number of aromatic nitrogens is 1. The van der Waals surface area contributed by atoms with E-state index in [4.69, 9.17) is 21.1 Å². The van der Waals surface area contributed by atoms with Crippen LogP contribution in [-0.4, -0.2) is 23.2 Å². The van der Waals surface area contributed by atoms with Gasteiger partial charge in [0.1, 0.15) is 5.75 Å². The number of ether oxygens (including phenoxy) is 2. The summed E-state index contributed by atoms with van der Waals surface area (Å²) in [6.45, 7) is 9.65. The van der Waals surface area contributed by atoms with Crippen molar-refractivity contribution in [3.05, 3.63) is 92.6 Å². The normalized spacial score (nSPS) is 15.7. The monoisotopic (exact) mass is 636 g/mol. The summed E-state index contributed by atoms with van der Waals surface area (Å²) in [6.07, 6.45) is 1.73. The van der Waals surface area contributed by atoms with E-state index in [1.807, 2.05) is 51.1 Å². The van der Waals surface area contributed by atoms with Crippen LogP contribution in [0.4, 0.5) is 0 Å². The smallest absolute Gasteiger partial charge is 0.338 e. The van der Waals surface area contributed by atoms with Crippen LogP contribution in [0.15, 0.2) is 57.5 Å². The number of thiazole rings is 1. The van der Waals surface area contributed by atoms with Crippen LogP contribution in [0.5, 0.6) is 5.75 Å². The second-order valence-corrected chi connectivity index (χ2v) is 11.3. The maximum Gasteiger partial charge on any atom is 0.338 e. The van der Waals surface area contributed by atoms with E-state index in [1.54, 1.807) is 30.6 Å². The van der Waals surface area contributed by atoms with Crippen molar-refractivity contribution in [2.75, 3.05) is 6.61 Å². The number of halogens is 2. The van der Waals surface area contributed by atoms with E-state index in [9.17, 15) is 9.59 Å². The van der Waals surface area contributed by atoms with Gasteiger partial charge in [-0.2, -0.15) is 0 Å². The first kappa shape index (κ1) is 26.6. The molecular weight excluding hydrogens is 611 g/mol. The van der Waals surface area contributed by atoms with Crippen molar-refractivity contribution in [3.8, 4) is 5.75 Å². The van der Waals surface area contributed by atoms with Gasteiger partial charge >= 0.3 is 5.97 Å². The summed E-state index contributed by atoms with van der Waals surface area (Å²) in [5, 5.41) is 0.549. The molecule has 9 heteroatoms. The van der Waals surface area contributed by atoms with Gasteiger partial charge in [0.2, 0.25) is 0 Å². The summed E-state index contributed by atoms with van der Waals surface area (Å²) in [5.74, 6) is 0.190. The maximum absolute atomic E-state index is 13.8. The Balaban J connectivity index is 1.97. The van der Waals surface area contributed by atoms with Crippen LogP contribution in [0.2, 0.25) is 5.02 Å². The van der Waals surface area contributed by atoms with Crippen LogP contribution in [0.1, 0.15) is 50.4 Å². The van der Waals surface area contributed by atoms with Crippen LogP contribution >= 0.6 is 45.5 Å². The van der Waals surface area contributed by atoms with Gasteiger partial charge in [0.25, 0.3) is 5.56 Å². The molecule has 0 bridgehead atoms. The predicted octanol–water partition coefficient (Wildman–Crippen LogP) is 5.15. The molecule has 3 aromatic rings. The number of fused-ring (bicyclic) bond motifs is 1. The summed E-state index contributed by atoms with van der Waals surface area (Å²) in [7, 11) is 0. The zero-order chi connectivity index (χ0) is 26.1. The summed E-state index contributed by atoms with van der Waals surface area (Å²) < 4.78 is 14.3. The number of hydrogen-bond acceptors (Lipinski definition) is 6. The van der Waals surface area contributed by atoms with Gasteiger partial charge in [-0.3, -0.25) is 9.36 Å². The van der Waals surface area contributed by atoms with Crippen LogP contribution in [0, 0.1) is 10.5 Å². The summed E-state index contributed by atoms with van der Waals surface area (Å²) in [4.78, 5) is 32.0. The lowest BCUT2D eigenvalue weighted by Crippen LogP contribution is -2.39. The quantitative estimate of drug-likeness (QED) is 0.277. The highest BCUT2D eigenvalue weighted by Crippen LogP contribution is 2.32. The van der Waals surface area contributed by atoms with Crippen molar-refractivity contribution in [3.63, 3.8) is 0 Å². The Labute approximate surface area is 232 Å². The van der Waals surface area contributed by atoms with Crippen LogP contribution in [0.25, 0.3) is 6.08 Å². The minimum Gasteiger partial charge on any atom is -0.489 e. The lowest BCUT2D eigenvalue weighted by molar-refractivity contribution is -0.139. The van der Waals surface area contributed by atoms with Gasteiger partial charge in [0.05, 0.1) is 38.1 Å². The Kier molecular flexibility index (Phi) is 8.06. The lowest BCUT2D eigenvalue weighted by Gasteiger charge is -2.24. The van der Waals surface area contributed by atoms with Gasteiger partial charge in [0.15, 0.2) is 4.80 Å². The topological polar surface area (TPSA) is 69.9 Å². The number of benzene rings is 2. The Morgan fingerprint density at radius 2 is 1.94 bits per heavy atom. The molecule has 2 aromatic carbocycles. The number of hydrogen-bond donors (Lipinski definition) is 0. The second-order valence-electron chi connectivity index (χ2n) is 8.69. The average Bonchev–Trinajstić information content (AvgIpc) is 3.10. The molecule has 0 N–H and O–H groups in total. The van der Waals surface area contributed by atoms with E-state index in [2.05, 4.69) is 27.6 Å². The first-order valence-electron chi connectivity index (χ1n) is 11.5. The molecule has 0 fully saturated rings. The van der Waals surface area contributed by atoms with E-state index < -0.39 is 12.0 Å². The molecule has 1 atom stereocenters. The highest BCUT2D eigenvalue weighted by Gasteiger charge is 2.33. The van der Waals surface area contributed by atoms with Crippen molar-refractivity contribution in [1.82, 2.24) is 4.57 Å². The van der Waals surface area contributed by atoms with E-state index >= 15 is 0 Å². The van der Waals surface area contributed by atoms with E-state index in [1.165, 1.54) is 11.3 Å². The first-order chi connectivity index (χ1) is 17.1. The van der Waals surface area contributed by atoms with Gasteiger partial charge < -0.3 is 9.47 Å². The summed E-state index contributed by atoms with van der Waals surface area (Å²) >= 11 is 9.80. The molecule has 0 radical (unpaired) electrons. The third-order valence-corrected chi connectivity index (χ3v) is 7.59. The van der Waals surface area contributed by atoms with E-state index in [0.29, 0.717) is 36.9 Å². The molecule has 6 nitrogen and oxygen atoms in total. The van der Waals surface area contributed by atoms with Crippen LogP contribution < -0.4 is 19.6 Å². The highest BCUT2D eigenvalue weighted by atomic mass is 127. The molecule has 1 aromatic heterocycles. The zero-order valence-corrected chi connectivity index (χ0v) is 24.3. The van der Waals surface area contributed by atoms with Crippen molar-refractivity contribution in [1.29, 1.82) is 0 Å². The molecule has 1 aliphatic rings. The summed E-state index contributed by atoms with van der Waals surface area (Å²) in [6, 6.07) is 10.8. The Morgan fingerprint density at radius 1 is 1.25 bits per heavy atom. The number of nitrogens with zero attached hydrogens (tertiary/aromatic N) is 2. The molecule has 0 saturated heterocycles. The van der Waals surface area contributed by atoms with E-state index in [-0.39, 0.29) is 18.3 Å². The van der Waals surface area contributed by atoms with Gasteiger partial charge in [-0.1, -0.05) is 52.8 Å². The van der Waals surface area contributed by atoms with Gasteiger partial charge in [0, 0.05) is 10.6 Å². The number of allylic oxidation sites excluding steroid dienone is 1. The van der Waals surface area contributed by atoms with Crippen molar-refractivity contribution in [2.45, 2.75) is 46.8 Å². The van der Waals surface area contributed by atoms with Crippen LogP contribution in [-0.2, 0) is 9.53 Å². The average molecular weight is 637 g/mol. The van der Waals surface area contributed by atoms with Crippen molar-refractivity contribution >= 4 is 57.6 Å². The zero-order valence-electron chi connectivity index (χ0n) is 20.6. The summed E-state index contributed by atoms with van der Waals surface area (Å²) in [5.41, 5.74) is 3.25. The molecule has 0 aliphatic carbocycles. The minimum atomic E-state index is -0.645. The standard InChI is InChI=1S/C27H26ClIN2O4S/c1-6-34-26(33)22-16(5)30-27-31(23(22)17-9-7-15(4)8-10-17)25(32)21(36-27)12-18-11-19(28)13-20(29)24(18)35-14(2)3/h7-14,23H,6H2,1-5H3/b21-12-/t23-/m1/s1. The number of rotatable bonds is 6. The minimum absolute atomic E-state index is 0.0515. The number of carbonyl (C=O) groups excluding carboxylic acids is 1. The molecule has 0 saturated carbocycles. The van der Waals surface area contributed by atoms with Gasteiger partial charge in [-0.25, -0.2) is 9.79 Å². The molecule has 4 rings (SSSR count). The third kappa shape index (κ3) is 5.31. The second kappa shape index (κ2) is 10.9. The fourth-order valence-corrected chi connectivity index (χ4v) is 6.27. The lowest BCUT2D eigenvalue weighted by atomic mass is 9.95. The Morgan fingerprint density at radius 3 is 2.58 bits per heavy atom. The van der Waals surface area contributed by atoms with Gasteiger partial charge in [-0.05, 0) is 81.0 Å². The largest absolute Gasteiger partial charge is 0.489 e. The number of carbonyl (C=O) groups is 1. The fourth-order valence-electron chi connectivity index (χ4n) is 4.04. The van der Waals surface area contributed by atoms with Gasteiger partial charge in [-0.15, -0.1) is 0 Å². The molecule has 36 heavy (non-hydrogen) atoms. The maximum atomic E-state index is 13.8. The number of aryl methyl sites for hydroxylation is 1. The Hall–Kier alpha value is -2.43. The molecule has 2 heterocycles. The molecule has 0 unspecified atom stereocenters. The molecule has 1 aliphatic heterocycles. The fraction of sp³-hybridized carbons (Fsp3) is 0.296. The molecule has 188 valence electrons. The Bertz CT molecular complexity index is 1540. The molecule has 0 spiro atoms. The van der Waals surface area contributed by atoms with E-state index in [0.717, 1.165) is 14.7 Å².